The molecule has 0 saturated carbocycles. The van der Waals surface area contributed by atoms with Crippen LogP contribution in [-0.4, -0.2) is 20.5 Å². The minimum absolute atomic E-state index is 0.453. The van der Waals surface area contributed by atoms with Gasteiger partial charge in [0.25, 0.3) is 0 Å². The van der Waals surface area contributed by atoms with Gasteiger partial charge in [0, 0.05) is 12.1 Å². The van der Waals surface area contributed by atoms with Crippen molar-refractivity contribution >= 4 is 11.8 Å². The Balaban J connectivity index is 3.20. The summed E-state index contributed by atoms with van der Waals surface area (Å²) in [6.07, 6.45) is 2.00. The molecule has 0 spiro atoms. The largest absolute Gasteiger partial charge is 0.496 e. The summed E-state index contributed by atoms with van der Waals surface area (Å²) in [5.74, 6) is 1.66. The lowest BCUT2D eigenvalue weighted by Gasteiger charge is -2.12. The number of rotatable bonds is 4. The van der Waals surface area contributed by atoms with E-state index in [-0.39, 0.29) is 0 Å². The molecule has 0 radical (unpaired) electrons. The van der Waals surface area contributed by atoms with Gasteiger partial charge in [-0.1, -0.05) is 0 Å². The predicted molar refractivity (Wildman–Crippen MR) is 59.2 cm³/mol. The Bertz CT molecular complexity index is 257. The van der Waals surface area contributed by atoms with Gasteiger partial charge in [-0.3, -0.25) is 0 Å². The van der Waals surface area contributed by atoms with Crippen LogP contribution in [0.4, 0.5) is 0 Å². The Morgan fingerprint density at radius 2 is 1.86 bits per heavy atom. The van der Waals surface area contributed by atoms with E-state index in [9.17, 15) is 0 Å². The van der Waals surface area contributed by atoms with E-state index in [1.807, 2.05) is 18.4 Å². The molecule has 0 saturated heterocycles. The van der Waals surface area contributed by atoms with Gasteiger partial charge >= 0.3 is 0 Å². The van der Waals surface area contributed by atoms with Gasteiger partial charge in [0.1, 0.15) is 11.5 Å². The molecule has 0 unspecified atom stereocenters. The number of hydrogen-bond acceptors (Lipinski definition) is 4. The number of benzene rings is 1. The van der Waals surface area contributed by atoms with Crippen LogP contribution >= 0.6 is 11.8 Å². The fraction of sp³-hybridized carbons (Fsp3) is 0.400. The Hall–Kier alpha value is -0.870. The molecule has 0 fully saturated rings. The van der Waals surface area contributed by atoms with Crippen LogP contribution in [0, 0.1) is 0 Å². The predicted octanol–water partition coefficient (Wildman–Crippen LogP) is 1.88. The SMILES string of the molecule is COc1cc(SC)c(OC)cc1CN. The second-order valence-corrected chi connectivity index (χ2v) is 3.57. The summed E-state index contributed by atoms with van der Waals surface area (Å²) in [6.45, 7) is 0.453. The van der Waals surface area contributed by atoms with Crippen LogP contribution in [0.5, 0.6) is 11.5 Å². The molecule has 1 aromatic rings. The van der Waals surface area contributed by atoms with Gasteiger partial charge in [-0.15, -0.1) is 11.8 Å². The molecule has 4 heteroatoms. The number of ether oxygens (including phenoxy) is 2. The van der Waals surface area contributed by atoms with Crippen molar-refractivity contribution in [3.63, 3.8) is 0 Å². The zero-order valence-electron chi connectivity index (χ0n) is 8.66. The molecule has 1 aromatic carbocycles. The van der Waals surface area contributed by atoms with E-state index in [4.69, 9.17) is 15.2 Å². The number of nitrogens with two attached hydrogens (primary N) is 1. The Kier molecular flexibility index (Phi) is 4.10. The number of methoxy groups -OCH3 is 2. The summed E-state index contributed by atoms with van der Waals surface area (Å²) in [5.41, 5.74) is 6.56. The van der Waals surface area contributed by atoms with E-state index < -0.39 is 0 Å². The molecule has 78 valence electrons. The number of hydrogen-bond donors (Lipinski definition) is 1. The zero-order chi connectivity index (χ0) is 10.6. The molecule has 0 aromatic heterocycles. The average Bonchev–Trinajstić information content (AvgIpc) is 2.26. The van der Waals surface area contributed by atoms with Gasteiger partial charge in [-0.05, 0) is 18.4 Å². The quantitative estimate of drug-likeness (QED) is 0.776. The van der Waals surface area contributed by atoms with E-state index in [2.05, 4.69) is 0 Å². The second kappa shape index (κ2) is 5.12. The van der Waals surface area contributed by atoms with Crippen molar-refractivity contribution in [3.8, 4) is 11.5 Å². The van der Waals surface area contributed by atoms with Crippen LogP contribution in [0.3, 0.4) is 0 Å². The van der Waals surface area contributed by atoms with Crippen LogP contribution in [0.2, 0.25) is 0 Å². The van der Waals surface area contributed by atoms with Crippen LogP contribution in [-0.2, 0) is 6.54 Å². The molecule has 0 bridgehead atoms. The highest BCUT2D eigenvalue weighted by atomic mass is 32.2. The van der Waals surface area contributed by atoms with Crippen molar-refractivity contribution in [3.05, 3.63) is 17.7 Å². The van der Waals surface area contributed by atoms with Gasteiger partial charge in [0.15, 0.2) is 0 Å². The second-order valence-electron chi connectivity index (χ2n) is 2.72. The summed E-state index contributed by atoms with van der Waals surface area (Å²) in [4.78, 5) is 1.06. The minimum Gasteiger partial charge on any atom is -0.496 e. The summed E-state index contributed by atoms with van der Waals surface area (Å²) >= 11 is 1.62. The molecule has 14 heavy (non-hydrogen) atoms. The van der Waals surface area contributed by atoms with Crippen molar-refractivity contribution in [2.75, 3.05) is 20.5 Å². The minimum atomic E-state index is 0.453. The maximum Gasteiger partial charge on any atom is 0.132 e. The van der Waals surface area contributed by atoms with Crippen LogP contribution in [0.1, 0.15) is 5.56 Å². The molecule has 0 aliphatic rings. The molecule has 3 nitrogen and oxygen atoms in total. The number of thioether (sulfide) groups is 1. The fourth-order valence-electron chi connectivity index (χ4n) is 1.25. The molecule has 2 N–H and O–H groups in total. The third-order valence-electron chi connectivity index (χ3n) is 2.01. The van der Waals surface area contributed by atoms with Crippen molar-refractivity contribution in [2.45, 2.75) is 11.4 Å². The van der Waals surface area contributed by atoms with Gasteiger partial charge in [-0.25, -0.2) is 0 Å². The van der Waals surface area contributed by atoms with Crippen LogP contribution < -0.4 is 15.2 Å². The first-order valence-corrected chi connectivity index (χ1v) is 5.48. The first-order valence-electron chi connectivity index (χ1n) is 4.25. The van der Waals surface area contributed by atoms with E-state index in [1.54, 1.807) is 26.0 Å². The highest BCUT2D eigenvalue weighted by molar-refractivity contribution is 7.98. The standard InChI is InChI=1S/C10H15NO2S/c1-12-8-5-10(14-3)9(13-2)4-7(8)6-11/h4-5H,6,11H2,1-3H3. The Morgan fingerprint density at radius 3 is 2.29 bits per heavy atom. The summed E-state index contributed by atoms with van der Waals surface area (Å²) < 4.78 is 10.5. The molecule has 0 amide bonds. The van der Waals surface area contributed by atoms with Crippen LogP contribution in [0.25, 0.3) is 0 Å². The van der Waals surface area contributed by atoms with Crippen molar-refractivity contribution in [2.24, 2.45) is 5.73 Å². The fourth-order valence-corrected chi connectivity index (χ4v) is 1.82. The molecular formula is C10H15NO2S. The molecule has 0 atom stereocenters. The molecule has 0 aliphatic heterocycles. The summed E-state index contributed by atoms with van der Waals surface area (Å²) in [5, 5.41) is 0. The van der Waals surface area contributed by atoms with E-state index in [0.717, 1.165) is 22.0 Å². The normalized spacial score (nSPS) is 10.0. The topological polar surface area (TPSA) is 44.5 Å². The van der Waals surface area contributed by atoms with E-state index in [1.165, 1.54) is 0 Å². The van der Waals surface area contributed by atoms with Crippen LogP contribution in [0.15, 0.2) is 17.0 Å². The lowest BCUT2D eigenvalue weighted by molar-refractivity contribution is 0.390. The highest BCUT2D eigenvalue weighted by Gasteiger charge is 2.08. The first-order chi connectivity index (χ1) is 6.76. The molecule has 1 rings (SSSR count). The average molecular weight is 213 g/mol. The van der Waals surface area contributed by atoms with Gasteiger partial charge in [-0.2, -0.15) is 0 Å². The third-order valence-corrected chi connectivity index (χ3v) is 2.77. The summed E-state index contributed by atoms with van der Waals surface area (Å²) in [7, 11) is 3.30. The lowest BCUT2D eigenvalue weighted by atomic mass is 10.2. The van der Waals surface area contributed by atoms with E-state index >= 15 is 0 Å². The Labute approximate surface area is 88.6 Å². The smallest absolute Gasteiger partial charge is 0.132 e. The van der Waals surface area contributed by atoms with Crippen molar-refractivity contribution in [1.29, 1.82) is 0 Å². The van der Waals surface area contributed by atoms with Crippen molar-refractivity contribution < 1.29 is 9.47 Å². The first kappa shape index (κ1) is 11.2. The molecular weight excluding hydrogens is 198 g/mol. The molecule has 0 heterocycles. The van der Waals surface area contributed by atoms with Gasteiger partial charge < -0.3 is 15.2 Å². The maximum absolute atomic E-state index is 5.60. The molecule has 0 aliphatic carbocycles. The zero-order valence-corrected chi connectivity index (χ0v) is 9.48. The monoisotopic (exact) mass is 213 g/mol. The highest BCUT2D eigenvalue weighted by Crippen LogP contribution is 2.34. The summed E-state index contributed by atoms with van der Waals surface area (Å²) in [6, 6.07) is 3.87. The van der Waals surface area contributed by atoms with Gasteiger partial charge in [0.2, 0.25) is 0 Å². The van der Waals surface area contributed by atoms with Crippen molar-refractivity contribution in [1.82, 2.24) is 0 Å². The maximum atomic E-state index is 5.60. The van der Waals surface area contributed by atoms with E-state index in [0.29, 0.717) is 6.54 Å². The van der Waals surface area contributed by atoms with Gasteiger partial charge in [0.05, 0.1) is 19.1 Å². The Morgan fingerprint density at radius 1 is 1.21 bits per heavy atom. The third kappa shape index (κ3) is 2.13. The lowest BCUT2D eigenvalue weighted by Crippen LogP contribution is -2.01.